The summed E-state index contributed by atoms with van der Waals surface area (Å²) in [5, 5.41) is 4.61. The van der Waals surface area contributed by atoms with Crippen LogP contribution < -0.4 is 0 Å². The van der Waals surface area contributed by atoms with E-state index in [1.54, 1.807) is 0 Å². The number of fused-ring (bicyclic) bond motifs is 16. The normalized spacial score (nSPS) is 13.2. The maximum absolute atomic E-state index is 7.14. The Morgan fingerprint density at radius 1 is 0.349 bits per heavy atom. The van der Waals surface area contributed by atoms with Gasteiger partial charge in [0.25, 0.3) is 0 Å². The van der Waals surface area contributed by atoms with Gasteiger partial charge in [-0.1, -0.05) is 182 Å². The average molecular weight is 801 g/mol. The molecule has 3 aromatic heterocycles. The highest BCUT2D eigenvalue weighted by Crippen LogP contribution is 2.63. The zero-order valence-corrected chi connectivity index (χ0v) is 34.1. The molecule has 0 amide bonds. The van der Waals surface area contributed by atoms with Crippen molar-refractivity contribution in [2.75, 3.05) is 0 Å². The van der Waals surface area contributed by atoms with Crippen molar-refractivity contribution in [1.82, 2.24) is 9.55 Å². The third-order valence-corrected chi connectivity index (χ3v) is 13.8. The van der Waals surface area contributed by atoms with Crippen molar-refractivity contribution >= 4 is 43.7 Å². The van der Waals surface area contributed by atoms with E-state index < -0.39 is 5.41 Å². The number of para-hydroxylation sites is 2. The Labute approximate surface area is 363 Å². The molecule has 12 aromatic rings. The fourth-order valence-corrected chi connectivity index (χ4v) is 11.2. The second-order valence-electron chi connectivity index (χ2n) is 17.0. The first-order valence-electron chi connectivity index (χ1n) is 21.7. The Morgan fingerprint density at radius 3 is 1.67 bits per heavy atom. The second-order valence-corrected chi connectivity index (χ2v) is 17.0. The summed E-state index contributed by atoms with van der Waals surface area (Å²) >= 11 is 0. The van der Waals surface area contributed by atoms with Crippen molar-refractivity contribution in [1.29, 1.82) is 0 Å². The van der Waals surface area contributed by atoms with E-state index in [1.165, 1.54) is 55.3 Å². The predicted molar refractivity (Wildman–Crippen MR) is 258 cm³/mol. The fraction of sp³-hybridized carbons (Fsp3) is 0.0167. The Balaban J connectivity index is 0.992. The van der Waals surface area contributed by atoms with E-state index in [2.05, 4.69) is 223 Å². The van der Waals surface area contributed by atoms with E-state index >= 15 is 0 Å². The minimum Gasteiger partial charge on any atom is -0.455 e. The first kappa shape index (κ1) is 34.4. The summed E-state index contributed by atoms with van der Waals surface area (Å²) in [7, 11) is 0. The summed E-state index contributed by atoms with van der Waals surface area (Å²) in [6.07, 6.45) is 0. The smallest absolute Gasteiger partial charge is 0.143 e. The summed E-state index contributed by atoms with van der Waals surface area (Å²) in [5.74, 6) is 0.874. The zero-order valence-electron chi connectivity index (χ0n) is 34.1. The van der Waals surface area contributed by atoms with Gasteiger partial charge in [-0.05, 0) is 97.6 Å². The Morgan fingerprint density at radius 2 is 0.937 bits per heavy atom. The molecule has 0 aliphatic heterocycles. The van der Waals surface area contributed by atoms with Gasteiger partial charge in [0.2, 0.25) is 0 Å². The highest BCUT2D eigenvalue weighted by Gasteiger charge is 2.51. The number of pyridine rings is 1. The van der Waals surface area contributed by atoms with Gasteiger partial charge in [0.05, 0.1) is 22.1 Å². The van der Waals surface area contributed by atoms with Crippen LogP contribution in [0.25, 0.3) is 105 Å². The highest BCUT2D eigenvalue weighted by molar-refractivity contribution is 6.14. The Hall–Kier alpha value is -8.27. The predicted octanol–water partition coefficient (Wildman–Crippen LogP) is 15.4. The maximum atomic E-state index is 7.14. The molecule has 14 rings (SSSR count). The molecule has 3 heterocycles. The minimum atomic E-state index is -0.431. The van der Waals surface area contributed by atoms with Crippen molar-refractivity contribution in [3.63, 3.8) is 0 Å². The van der Waals surface area contributed by atoms with Crippen molar-refractivity contribution in [2.45, 2.75) is 5.41 Å². The number of aromatic nitrogens is 2. The molecule has 3 heteroatoms. The zero-order chi connectivity index (χ0) is 41.2. The monoisotopic (exact) mass is 800 g/mol. The summed E-state index contributed by atoms with van der Waals surface area (Å²) in [6, 6.07) is 79.3. The topological polar surface area (TPSA) is 31.0 Å². The fourth-order valence-electron chi connectivity index (χ4n) is 11.2. The van der Waals surface area contributed by atoms with Crippen LogP contribution in [0.5, 0.6) is 0 Å². The number of hydrogen-bond acceptors (Lipinski definition) is 2. The summed E-state index contributed by atoms with van der Waals surface area (Å²) in [6.45, 7) is 0. The lowest BCUT2D eigenvalue weighted by Gasteiger charge is -2.30. The molecule has 0 radical (unpaired) electrons. The van der Waals surface area contributed by atoms with E-state index in [1.807, 2.05) is 0 Å². The Kier molecular flexibility index (Phi) is 7.04. The van der Waals surface area contributed by atoms with Gasteiger partial charge in [0.15, 0.2) is 0 Å². The molecule has 0 saturated carbocycles. The van der Waals surface area contributed by atoms with Crippen LogP contribution in [0, 0.1) is 0 Å². The first-order valence-corrected chi connectivity index (χ1v) is 21.7. The van der Waals surface area contributed by atoms with Crippen LogP contribution in [0.15, 0.2) is 223 Å². The maximum Gasteiger partial charge on any atom is 0.143 e. The van der Waals surface area contributed by atoms with Crippen LogP contribution in [-0.4, -0.2) is 9.55 Å². The molecule has 292 valence electrons. The van der Waals surface area contributed by atoms with E-state index in [9.17, 15) is 0 Å². The number of rotatable bonds is 4. The molecule has 3 nitrogen and oxygen atoms in total. The number of furan rings is 1. The quantitative estimate of drug-likeness (QED) is 0.177. The van der Waals surface area contributed by atoms with Crippen LogP contribution in [0.3, 0.4) is 0 Å². The van der Waals surface area contributed by atoms with Gasteiger partial charge in [0, 0.05) is 32.7 Å². The van der Waals surface area contributed by atoms with Crippen molar-refractivity contribution in [3.05, 3.63) is 241 Å². The number of nitrogens with zero attached hydrogens (tertiary/aromatic N) is 2. The summed E-state index contributed by atoms with van der Waals surface area (Å²) < 4.78 is 9.47. The molecule has 9 aromatic carbocycles. The van der Waals surface area contributed by atoms with Gasteiger partial charge >= 0.3 is 0 Å². The molecule has 0 unspecified atom stereocenters. The van der Waals surface area contributed by atoms with Crippen LogP contribution in [0.4, 0.5) is 0 Å². The van der Waals surface area contributed by atoms with E-state index in [-0.39, 0.29) is 0 Å². The standard InChI is InChI=1S/C60H36N2O/c1-3-16-37(17-4-1)40-32-54(38-18-5-2-6-19-38)61-58(34-40)62-55-29-14-10-23-45(55)46-31-30-39(33-56(46)62)41-24-15-25-47-49-35-48-44-22-9-13-28-52(44)60(53(48)36-57(49)63-59(41)47)50-26-11-7-20-42(50)43-21-8-12-27-51(43)60/h1-36H. The van der Waals surface area contributed by atoms with E-state index in [0.29, 0.717) is 0 Å². The number of benzene rings is 9. The van der Waals surface area contributed by atoms with Crippen molar-refractivity contribution in [2.24, 2.45) is 0 Å². The molecule has 0 N–H and O–H groups in total. The van der Waals surface area contributed by atoms with E-state index in [4.69, 9.17) is 9.40 Å². The molecule has 0 saturated heterocycles. The molecule has 2 aliphatic rings. The summed E-state index contributed by atoms with van der Waals surface area (Å²) in [4.78, 5) is 5.40. The van der Waals surface area contributed by atoms with Crippen molar-refractivity contribution in [3.8, 4) is 61.6 Å². The lowest BCUT2D eigenvalue weighted by atomic mass is 9.70. The molecule has 1 spiro atoms. The lowest BCUT2D eigenvalue weighted by molar-refractivity contribution is 0.667. The SMILES string of the molecule is c1ccc(-c2cc(-c3ccccc3)nc(-n3c4ccccc4c4ccc(-c5cccc6c5oc5cc7c(cc56)-c5ccccc5C75c6ccccc6-c6ccccc65)cc43)c2)cc1. The number of hydrogen-bond donors (Lipinski definition) is 0. The molecule has 63 heavy (non-hydrogen) atoms. The highest BCUT2D eigenvalue weighted by atomic mass is 16.3. The Bertz CT molecular complexity index is 3750. The van der Waals surface area contributed by atoms with Gasteiger partial charge in [-0.25, -0.2) is 4.98 Å². The van der Waals surface area contributed by atoms with Crippen molar-refractivity contribution < 1.29 is 4.42 Å². The van der Waals surface area contributed by atoms with Gasteiger partial charge in [0.1, 0.15) is 17.0 Å². The average Bonchev–Trinajstić information content (AvgIpc) is 4.07. The largest absolute Gasteiger partial charge is 0.455 e. The van der Waals surface area contributed by atoms with Crippen LogP contribution in [0.2, 0.25) is 0 Å². The van der Waals surface area contributed by atoms with Crippen LogP contribution in [-0.2, 0) is 5.41 Å². The summed E-state index contributed by atoms with van der Waals surface area (Å²) in [5.41, 5.74) is 20.4. The molecule has 0 atom stereocenters. The van der Waals surface area contributed by atoms with Gasteiger partial charge in [-0.15, -0.1) is 0 Å². The third kappa shape index (κ3) is 4.71. The molecular formula is C60H36N2O. The van der Waals surface area contributed by atoms with Gasteiger partial charge < -0.3 is 4.42 Å². The molecule has 0 bridgehead atoms. The van der Waals surface area contributed by atoms with Gasteiger partial charge in [-0.3, -0.25) is 4.57 Å². The second kappa shape index (κ2) is 12.9. The van der Waals surface area contributed by atoms with Gasteiger partial charge in [-0.2, -0.15) is 0 Å². The molecular weight excluding hydrogens is 765 g/mol. The minimum absolute atomic E-state index is 0.431. The van der Waals surface area contributed by atoms with Crippen LogP contribution >= 0.6 is 0 Å². The van der Waals surface area contributed by atoms with Crippen LogP contribution in [0.1, 0.15) is 22.3 Å². The molecule has 2 aliphatic carbocycles. The lowest BCUT2D eigenvalue weighted by Crippen LogP contribution is -2.25. The molecule has 0 fully saturated rings. The van der Waals surface area contributed by atoms with E-state index in [0.717, 1.165) is 72.3 Å². The first-order chi connectivity index (χ1) is 31.2. The third-order valence-electron chi connectivity index (χ3n) is 13.8.